The number of rotatable bonds is 5. The topological polar surface area (TPSA) is 68.0 Å². The van der Waals surface area contributed by atoms with Crippen LogP contribution in [0.5, 0.6) is 0 Å². The van der Waals surface area contributed by atoms with Gasteiger partial charge in [-0.25, -0.2) is 4.98 Å². The molecule has 0 fully saturated rings. The van der Waals surface area contributed by atoms with Crippen LogP contribution < -0.4 is 11.1 Å². The quantitative estimate of drug-likeness (QED) is 0.792. The molecule has 1 amide bonds. The van der Waals surface area contributed by atoms with Crippen molar-refractivity contribution in [2.24, 2.45) is 5.73 Å². The Hall–Kier alpha value is -0.940. The molecule has 2 rings (SSSR count). The van der Waals surface area contributed by atoms with Crippen LogP contribution in [0.25, 0.3) is 0 Å². The van der Waals surface area contributed by atoms with Gasteiger partial charge >= 0.3 is 0 Å². The highest BCUT2D eigenvalue weighted by molar-refractivity contribution is 7.11. The summed E-state index contributed by atoms with van der Waals surface area (Å²) in [6.07, 6.45) is 4.82. The highest BCUT2D eigenvalue weighted by Gasteiger charge is 2.16. The van der Waals surface area contributed by atoms with Gasteiger partial charge in [0.05, 0.1) is 10.7 Å². The SMILES string of the molecule is NCCC(=O)NCCc1nc2c(s1)CCC2. The highest BCUT2D eigenvalue weighted by atomic mass is 32.1. The molecule has 3 N–H and O–H groups in total. The van der Waals surface area contributed by atoms with Crippen LogP contribution in [0.2, 0.25) is 0 Å². The van der Waals surface area contributed by atoms with Crippen molar-refractivity contribution in [3.8, 4) is 0 Å². The van der Waals surface area contributed by atoms with E-state index >= 15 is 0 Å². The third-order valence-corrected chi connectivity index (χ3v) is 3.89. The lowest BCUT2D eigenvalue weighted by Crippen LogP contribution is -2.27. The van der Waals surface area contributed by atoms with Crippen molar-refractivity contribution >= 4 is 17.2 Å². The van der Waals surface area contributed by atoms with Crippen LogP contribution in [0.1, 0.15) is 28.4 Å². The third kappa shape index (κ3) is 2.80. The molecule has 1 heterocycles. The zero-order chi connectivity index (χ0) is 11.4. The van der Waals surface area contributed by atoms with Gasteiger partial charge in [0, 0.05) is 30.8 Å². The predicted octanol–water partition coefficient (Wildman–Crippen LogP) is 0.639. The first-order valence-electron chi connectivity index (χ1n) is 5.74. The molecule has 5 heteroatoms. The summed E-state index contributed by atoms with van der Waals surface area (Å²) in [5.41, 5.74) is 6.58. The van der Waals surface area contributed by atoms with Gasteiger partial charge in [-0.3, -0.25) is 4.79 Å². The molecule has 16 heavy (non-hydrogen) atoms. The van der Waals surface area contributed by atoms with Gasteiger partial charge in [-0.15, -0.1) is 11.3 Å². The number of carbonyl (C=O) groups is 1. The molecule has 1 aliphatic carbocycles. The Morgan fingerprint density at radius 2 is 2.38 bits per heavy atom. The maximum absolute atomic E-state index is 11.2. The summed E-state index contributed by atoms with van der Waals surface area (Å²) in [6, 6.07) is 0. The van der Waals surface area contributed by atoms with Crippen molar-refractivity contribution < 1.29 is 4.79 Å². The van der Waals surface area contributed by atoms with Crippen LogP contribution in [-0.4, -0.2) is 24.0 Å². The zero-order valence-corrected chi connectivity index (χ0v) is 10.1. The molecule has 1 aromatic heterocycles. The van der Waals surface area contributed by atoms with Crippen LogP contribution in [0.3, 0.4) is 0 Å². The fourth-order valence-electron chi connectivity index (χ4n) is 1.88. The fourth-order valence-corrected chi connectivity index (χ4v) is 3.04. The van der Waals surface area contributed by atoms with Gasteiger partial charge in [0.2, 0.25) is 5.91 Å². The minimum atomic E-state index is 0.0339. The van der Waals surface area contributed by atoms with Crippen molar-refractivity contribution in [1.82, 2.24) is 10.3 Å². The molecule has 0 aliphatic heterocycles. The predicted molar refractivity (Wildman–Crippen MR) is 64.5 cm³/mol. The van der Waals surface area contributed by atoms with E-state index in [2.05, 4.69) is 10.3 Å². The van der Waals surface area contributed by atoms with Gasteiger partial charge in [-0.05, 0) is 19.3 Å². The van der Waals surface area contributed by atoms with Gasteiger partial charge in [-0.2, -0.15) is 0 Å². The van der Waals surface area contributed by atoms with Gasteiger partial charge in [0.15, 0.2) is 0 Å². The molecule has 1 aliphatic rings. The molecule has 0 aromatic carbocycles. The number of hydrogen-bond donors (Lipinski definition) is 2. The monoisotopic (exact) mass is 239 g/mol. The lowest BCUT2D eigenvalue weighted by atomic mass is 10.3. The number of aromatic nitrogens is 1. The third-order valence-electron chi connectivity index (χ3n) is 2.67. The molecule has 0 saturated heterocycles. The number of nitrogens with one attached hydrogen (secondary N) is 1. The van der Waals surface area contributed by atoms with E-state index in [-0.39, 0.29) is 5.91 Å². The molecule has 0 spiro atoms. The summed E-state index contributed by atoms with van der Waals surface area (Å²) < 4.78 is 0. The molecule has 0 atom stereocenters. The lowest BCUT2D eigenvalue weighted by molar-refractivity contribution is -0.120. The van der Waals surface area contributed by atoms with Gasteiger partial charge in [0.25, 0.3) is 0 Å². The first-order valence-corrected chi connectivity index (χ1v) is 6.55. The number of fused-ring (bicyclic) bond motifs is 1. The Kier molecular flexibility index (Phi) is 3.90. The molecule has 0 saturated carbocycles. The van der Waals surface area contributed by atoms with Gasteiger partial charge in [0.1, 0.15) is 0 Å². The average molecular weight is 239 g/mol. The Labute approximate surface area is 99.3 Å². The Morgan fingerprint density at radius 1 is 1.50 bits per heavy atom. The molecule has 0 bridgehead atoms. The Bertz CT molecular complexity index is 354. The Balaban J connectivity index is 1.75. The summed E-state index contributed by atoms with van der Waals surface area (Å²) in [7, 11) is 0. The zero-order valence-electron chi connectivity index (χ0n) is 9.29. The molecule has 4 nitrogen and oxygen atoms in total. The summed E-state index contributed by atoms with van der Waals surface area (Å²) in [6.45, 7) is 1.09. The second-order valence-electron chi connectivity index (χ2n) is 3.97. The summed E-state index contributed by atoms with van der Waals surface area (Å²) >= 11 is 1.80. The molecule has 88 valence electrons. The second-order valence-corrected chi connectivity index (χ2v) is 5.14. The molecule has 0 radical (unpaired) electrons. The second kappa shape index (κ2) is 5.41. The van der Waals surface area contributed by atoms with Crippen molar-refractivity contribution in [2.45, 2.75) is 32.1 Å². The van der Waals surface area contributed by atoms with Gasteiger partial charge in [-0.1, -0.05) is 0 Å². The number of aryl methyl sites for hydroxylation is 2. The van der Waals surface area contributed by atoms with Crippen LogP contribution in [-0.2, 0) is 24.1 Å². The first kappa shape index (κ1) is 11.5. The molecular formula is C11H17N3OS. The van der Waals surface area contributed by atoms with Crippen LogP contribution >= 0.6 is 11.3 Å². The standard InChI is InChI=1S/C11H17N3OS/c12-6-4-10(15)13-7-5-11-14-8-2-1-3-9(8)16-11/h1-7,12H2,(H,13,15). The first-order chi connectivity index (χ1) is 7.79. The van der Waals surface area contributed by atoms with Crippen LogP contribution in [0.4, 0.5) is 0 Å². The molecular weight excluding hydrogens is 222 g/mol. The molecule has 1 aromatic rings. The number of amides is 1. The smallest absolute Gasteiger partial charge is 0.221 e. The van der Waals surface area contributed by atoms with E-state index in [1.54, 1.807) is 11.3 Å². The lowest BCUT2D eigenvalue weighted by Gasteiger charge is -2.01. The summed E-state index contributed by atoms with van der Waals surface area (Å²) in [4.78, 5) is 17.2. The van der Waals surface area contributed by atoms with E-state index in [4.69, 9.17) is 5.73 Å². The molecule has 0 unspecified atom stereocenters. The van der Waals surface area contributed by atoms with Crippen molar-refractivity contribution in [3.05, 3.63) is 15.6 Å². The van der Waals surface area contributed by atoms with Crippen molar-refractivity contribution in [3.63, 3.8) is 0 Å². The number of thiazole rings is 1. The average Bonchev–Trinajstić information content (AvgIpc) is 2.78. The number of nitrogens with two attached hydrogens (primary N) is 1. The van der Waals surface area contributed by atoms with Crippen molar-refractivity contribution in [1.29, 1.82) is 0 Å². The summed E-state index contributed by atoms with van der Waals surface area (Å²) in [5, 5.41) is 4.00. The maximum Gasteiger partial charge on any atom is 0.221 e. The minimum absolute atomic E-state index is 0.0339. The van der Waals surface area contributed by atoms with E-state index in [1.807, 2.05) is 0 Å². The fraction of sp³-hybridized carbons (Fsp3) is 0.636. The Morgan fingerprint density at radius 3 is 3.12 bits per heavy atom. The van der Waals surface area contributed by atoms with E-state index in [1.165, 1.54) is 23.4 Å². The van der Waals surface area contributed by atoms with E-state index in [0.29, 0.717) is 19.5 Å². The van der Waals surface area contributed by atoms with Crippen molar-refractivity contribution in [2.75, 3.05) is 13.1 Å². The van der Waals surface area contributed by atoms with E-state index in [0.717, 1.165) is 17.8 Å². The van der Waals surface area contributed by atoms with Gasteiger partial charge < -0.3 is 11.1 Å². The highest BCUT2D eigenvalue weighted by Crippen LogP contribution is 2.27. The van der Waals surface area contributed by atoms with E-state index < -0.39 is 0 Å². The van der Waals surface area contributed by atoms with E-state index in [9.17, 15) is 4.79 Å². The normalized spacial score (nSPS) is 13.8. The maximum atomic E-state index is 11.2. The summed E-state index contributed by atoms with van der Waals surface area (Å²) in [5.74, 6) is 0.0339. The number of carbonyl (C=O) groups excluding carboxylic acids is 1. The number of nitrogens with zero attached hydrogens (tertiary/aromatic N) is 1. The van der Waals surface area contributed by atoms with Crippen LogP contribution in [0.15, 0.2) is 0 Å². The minimum Gasteiger partial charge on any atom is -0.356 e. The number of hydrogen-bond acceptors (Lipinski definition) is 4. The van der Waals surface area contributed by atoms with Crippen LogP contribution in [0, 0.1) is 0 Å². The largest absolute Gasteiger partial charge is 0.356 e.